The van der Waals surface area contributed by atoms with E-state index in [2.05, 4.69) is 53.7 Å². The molecule has 3 atom stereocenters. The minimum atomic E-state index is -1.74. The Morgan fingerprint density at radius 2 is 1.27 bits per heavy atom. The lowest BCUT2D eigenvalue weighted by Gasteiger charge is -2.41. The fourth-order valence-corrected chi connectivity index (χ4v) is 9.90. The molecule has 70 heavy (non-hydrogen) atoms. The van der Waals surface area contributed by atoms with Crippen molar-refractivity contribution in [3.05, 3.63) is 180 Å². The van der Waals surface area contributed by atoms with Gasteiger partial charge >= 0.3 is 5.97 Å². The maximum Gasteiger partial charge on any atom is 0.338 e. The zero-order valence-corrected chi connectivity index (χ0v) is 41.1. The highest BCUT2D eigenvalue weighted by Gasteiger charge is 2.42. The van der Waals surface area contributed by atoms with Gasteiger partial charge in [0.05, 0.1) is 64.0 Å². The summed E-state index contributed by atoms with van der Waals surface area (Å²) in [6, 6.07) is 44.6. The highest BCUT2D eigenvalue weighted by molar-refractivity contribution is 7.44. The van der Waals surface area contributed by atoms with Gasteiger partial charge in [0.1, 0.15) is 30.0 Å². The Bertz CT molecular complexity index is 2740. The smallest absolute Gasteiger partial charge is 0.338 e. The van der Waals surface area contributed by atoms with E-state index in [9.17, 15) is 14.9 Å². The third-order valence-corrected chi connectivity index (χ3v) is 13.6. The molecule has 2 aromatic heterocycles. The largest absolute Gasteiger partial charge is 0.497 e. The van der Waals surface area contributed by atoms with E-state index in [4.69, 9.17) is 33.0 Å². The summed E-state index contributed by atoms with van der Waals surface area (Å²) in [5.41, 5.74) is 2.64. The molecule has 1 unspecified atom stereocenters. The Morgan fingerprint density at radius 3 is 1.83 bits per heavy atom. The number of nitrogens with zero attached hydrogens (tertiary/aromatic N) is 6. The van der Waals surface area contributed by atoms with Crippen LogP contribution in [-0.4, -0.2) is 88.3 Å². The van der Waals surface area contributed by atoms with E-state index in [0.29, 0.717) is 33.8 Å². The third-order valence-electron chi connectivity index (χ3n) is 11.5. The Kier molecular flexibility index (Phi) is 17.8. The topological polar surface area (TPSA) is 172 Å². The molecule has 7 aromatic rings. The van der Waals surface area contributed by atoms with Crippen molar-refractivity contribution >= 4 is 37.4 Å². The van der Waals surface area contributed by atoms with Gasteiger partial charge in [0.2, 0.25) is 0 Å². The summed E-state index contributed by atoms with van der Waals surface area (Å²) in [5.74, 6) is 0.642. The highest BCUT2D eigenvalue weighted by atomic mass is 31.2. The second-order valence-electron chi connectivity index (χ2n) is 16.8. The van der Waals surface area contributed by atoms with E-state index in [0.717, 1.165) is 16.7 Å². The summed E-state index contributed by atoms with van der Waals surface area (Å²) >= 11 is 0. The number of fused-ring (bicyclic) bond motifs is 1. The summed E-state index contributed by atoms with van der Waals surface area (Å²) in [7, 11) is 1.50. The number of hydrogen-bond donors (Lipinski definition) is 1. The molecule has 0 aliphatic rings. The van der Waals surface area contributed by atoms with Gasteiger partial charge in [-0.1, -0.05) is 91.0 Å². The summed E-state index contributed by atoms with van der Waals surface area (Å²) < 4.78 is 42.6. The lowest BCUT2D eigenvalue weighted by Crippen LogP contribution is -2.40. The maximum absolute atomic E-state index is 13.8. The van der Waals surface area contributed by atoms with Gasteiger partial charge in [-0.2, -0.15) is 5.26 Å². The highest BCUT2D eigenvalue weighted by Crippen LogP contribution is 2.48. The summed E-state index contributed by atoms with van der Waals surface area (Å²) in [4.78, 5) is 41.0. The van der Waals surface area contributed by atoms with Crippen LogP contribution in [0, 0.1) is 11.3 Å². The van der Waals surface area contributed by atoms with Crippen molar-refractivity contribution in [2.24, 2.45) is 0 Å². The van der Waals surface area contributed by atoms with Crippen LogP contribution in [0.15, 0.2) is 152 Å². The molecular formula is C54H58N7O8P. The van der Waals surface area contributed by atoms with Crippen LogP contribution in [0.2, 0.25) is 0 Å². The molecule has 0 aliphatic heterocycles. The number of aromatic nitrogens is 4. The summed E-state index contributed by atoms with van der Waals surface area (Å²) in [6.07, 6.45) is 2.49. The molecule has 1 N–H and O–H groups in total. The number of carbonyl (C=O) groups is 2. The SMILES string of the molecule is COc1ccc(C(O[C@H](COP(OCCC#N)N(C(C)C)C(C)C)C[C@H](COC(=O)c2ccccc2)n2cnc3c(NC(=O)c4ccccc4)ncnc32)(c2ccccc2)c2ccc(OC)cc2)cc1. The van der Waals surface area contributed by atoms with E-state index >= 15 is 0 Å². The number of anilines is 1. The Labute approximate surface area is 410 Å². The van der Waals surface area contributed by atoms with Crippen LogP contribution < -0.4 is 14.8 Å². The number of rotatable bonds is 24. The van der Waals surface area contributed by atoms with E-state index in [1.807, 2.05) is 95.6 Å². The van der Waals surface area contributed by atoms with Crippen molar-refractivity contribution in [1.29, 1.82) is 5.26 Å². The predicted molar refractivity (Wildman–Crippen MR) is 268 cm³/mol. The Hall–Kier alpha value is -7.05. The molecule has 0 aliphatic carbocycles. The van der Waals surface area contributed by atoms with E-state index in [-0.39, 0.29) is 56.5 Å². The summed E-state index contributed by atoms with van der Waals surface area (Å²) in [5, 5.41) is 12.4. The van der Waals surface area contributed by atoms with E-state index in [1.165, 1.54) is 6.33 Å². The lowest BCUT2D eigenvalue weighted by atomic mass is 9.79. The second kappa shape index (κ2) is 24.5. The third kappa shape index (κ3) is 12.2. The van der Waals surface area contributed by atoms with Gasteiger partial charge in [0.25, 0.3) is 14.4 Å². The molecule has 0 fully saturated rings. The van der Waals surface area contributed by atoms with E-state index < -0.39 is 32.2 Å². The van der Waals surface area contributed by atoms with Gasteiger partial charge in [0, 0.05) is 24.1 Å². The van der Waals surface area contributed by atoms with Crippen molar-refractivity contribution < 1.29 is 37.6 Å². The molecule has 362 valence electrons. The number of nitriles is 1. The molecule has 2 heterocycles. The molecule has 15 nitrogen and oxygen atoms in total. The van der Waals surface area contributed by atoms with Crippen molar-refractivity contribution in [3.8, 4) is 17.6 Å². The van der Waals surface area contributed by atoms with Gasteiger partial charge in [-0.25, -0.2) is 24.4 Å². The van der Waals surface area contributed by atoms with Crippen LogP contribution in [0.4, 0.5) is 5.82 Å². The molecule has 7 rings (SSSR count). The van der Waals surface area contributed by atoms with Crippen molar-refractivity contribution in [2.45, 2.75) is 70.4 Å². The van der Waals surface area contributed by atoms with Crippen LogP contribution in [0.25, 0.3) is 11.2 Å². The second-order valence-corrected chi connectivity index (χ2v) is 18.3. The van der Waals surface area contributed by atoms with Crippen molar-refractivity contribution in [1.82, 2.24) is 24.2 Å². The van der Waals surface area contributed by atoms with Gasteiger partial charge in [-0.3, -0.25) is 4.79 Å². The average Bonchev–Trinajstić information content (AvgIpc) is 3.83. The van der Waals surface area contributed by atoms with Gasteiger partial charge in [-0.05, 0) is 92.9 Å². The lowest BCUT2D eigenvalue weighted by molar-refractivity contribution is -0.0779. The number of nitrogens with one attached hydrogen (secondary N) is 1. The fourth-order valence-electron chi connectivity index (χ4n) is 8.26. The van der Waals surface area contributed by atoms with Gasteiger partial charge in [-0.15, -0.1) is 0 Å². The number of imidazole rings is 1. The molecule has 0 bridgehead atoms. The van der Waals surface area contributed by atoms with Crippen LogP contribution in [0.5, 0.6) is 11.5 Å². The Balaban J connectivity index is 1.39. The predicted octanol–water partition coefficient (Wildman–Crippen LogP) is 10.6. The normalized spacial score (nSPS) is 12.9. The number of ether oxygens (including phenoxy) is 4. The molecule has 0 saturated heterocycles. The van der Waals surface area contributed by atoms with Crippen molar-refractivity contribution in [2.75, 3.05) is 39.4 Å². The number of hydrogen-bond acceptors (Lipinski definition) is 13. The number of methoxy groups -OCH3 is 2. The molecule has 0 saturated carbocycles. The monoisotopic (exact) mass is 963 g/mol. The molecule has 16 heteroatoms. The van der Waals surface area contributed by atoms with Gasteiger partial charge < -0.3 is 37.9 Å². The van der Waals surface area contributed by atoms with Gasteiger partial charge in [0.15, 0.2) is 17.0 Å². The zero-order valence-electron chi connectivity index (χ0n) is 40.2. The number of benzene rings is 5. The van der Waals surface area contributed by atoms with Crippen LogP contribution in [-0.2, 0) is 24.1 Å². The molecule has 1 amide bonds. The average molecular weight is 964 g/mol. The zero-order chi connectivity index (χ0) is 49.5. The van der Waals surface area contributed by atoms with Crippen LogP contribution >= 0.6 is 8.53 Å². The Morgan fingerprint density at radius 1 is 0.714 bits per heavy atom. The first-order valence-electron chi connectivity index (χ1n) is 23.1. The minimum absolute atomic E-state index is 0.0157. The quantitative estimate of drug-likeness (QED) is 0.0263. The molecule has 0 spiro atoms. The minimum Gasteiger partial charge on any atom is -0.497 e. The first kappa shape index (κ1) is 50.8. The first-order valence-corrected chi connectivity index (χ1v) is 24.2. The molecular weight excluding hydrogens is 906 g/mol. The number of esters is 1. The standard InChI is InChI=1S/C54H58N7O8P/c1-38(2)61(39(3)4)70(67-32-16-31-55)68-35-48(69-54(42-21-14-9-15-22-42,43-23-27-46(64-5)28-24-43)44-25-29-47(65-6)30-26-44)33-45(34-66-53(63)41-19-12-8-13-20-41)60-37-58-49-50(56-36-57-51(49)60)59-52(62)40-17-10-7-11-18-40/h7-15,17-30,36-39,45,48H,16,32-35H2,1-6H3,(H,56,57,59,62)/t45-,48+,70?/m1/s1. The molecule has 5 aromatic carbocycles. The summed E-state index contributed by atoms with van der Waals surface area (Å²) in [6.45, 7) is 8.31. The number of amides is 1. The van der Waals surface area contributed by atoms with Crippen LogP contribution in [0.1, 0.15) is 84.0 Å². The van der Waals surface area contributed by atoms with Crippen LogP contribution in [0.3, 0.4) is 0 Å². The fraction of sp³-hybridized carbons (Fsp3) is 0.296. The molecule has 0 radical (unpaired) electrons. The van der Waals surface area contributed by atoms with E-state index in [1.54, 1.807) is 69.1 Å². The maximum atomic E-state index is 13.8. The van der Waals surface area contributed by atoms with Crippen molar-refractivity contribution in [3.63, 3.8) is 0 Å². The first-order chi connectivity index (χ1) is 34.1. The number of carbonyl (C=O) groups excluding carboxylic acids is 2.